The summed E-state index contributed by atoms with van der Waals surface area (Å²) >= 11 is 0. The lowest BCUT2D eigenvalue weighted by Crippen LogP contribution is -2.35. The van der Waals surface area contributed by atoms with Crippen molar-refractivity contribution in [3.05, 3.63) is 0 Å². The lowest BCUT2D eigenvalue weighted by Gasteiger charge is -2.20. The summed E-state index contributed by atoms with van der Waals surface area (Å²) < 4.78 is 26.2. The van der Waals surface area contributed by atoms with Crippen molar-refractivity contribution in [2.24, 2.45) is 17.8 Å². The summed E-state index contributed by atoms with van der Waals surface area (Å²) in [6.07, 6.45) is 2.06. The van der Waals surface area contributed by atoms with Gasteiger partial charge in [0.1, 0.15) is 0 Å². The number of fused-ring (bicyclic) bond motifs is 1. The largest absolute Gasteiger partial charge is 0.316 e. The number of nitrogens with one attached hydrogen (secondary N) is 1. The van der Waals surface area contributed by atoms with Gasteiger partial charge < -0.3 is 5.32 Å². The van der Waals surface area contributed by atoms with Gasteiger partial charge in [-0.2, -0.15) is 0 Å². The van der Waals surface area contributed by atoms with Gasteiger partial charge in [0.25, 0.3) is 0 Å². The van der Waals surface area contributed by atoms with E-state index in [1.165, 1.54) is 0 Å². The Morgan fingerprint density at radius 1 is 1.28 bits per heavy atom. The fourth-order valence-electron chi connectivity index (χ4n) is 3.08. The van der Waals surface area contributed by atoms with Crippen molar-refractivity contribution in [2.45, 2.75) is 26.7 Å². The van der Waals surface area contributed by atoms with Crippen LogP contribution in [0, 0.1) is 17.8 Å². The fraction of sp³-hybridized carbons (Fsp3) is 1.00. The Hall–Kier alpha value is 0.160. The third-order valence-corrected chi connectivity index (χ3v) is 6.10. The number of nitrogens with zero attached hydrogens (tertiary/aromatic N) is 1. The lowest BCUT2D eigenvalue weighted by atomic mass is 10.0. The van der Waals surface area contributed by atoms with E-state index in [0.717, 1.165) is 39.0 Å². The van der Waals surface area contributed by atoms with E-state index in [9.17, 15) is 8.42 Å². The molecular weight excluding hydrogens is 272 g/mol. The first-order chi connectivity index (χ1) is 8.03. The first kappa shape index (κ1) is 16.2. The van der Waals surface area contributed by atoms with Crippen LogP contribution >= 0.6 is 12.4 Å². The van der Waals surface area contributed by atoms with Gasteiger partial charge in [0.2, 0.25) is 10.0 Å². The molecule has 2 rings (SSSR count). The molecule has 4 nitrogen and oxygen atoms in total. The second-order valence-corrected chi connectivity index (χ2v) is 7.68. The predicted molar refractivity (Wildman–Crippen MR) is 76.5 cm³/mol. The summed E-state index contributed by atoms with van der Waals surface area (Å²) in [5, 5.41) is 3.34. The van der Waals surface area contributed by atoms with Gasteiger partial charge in [-0.05, 0) is 37.3 Å². The van der Waals surface area contributed by atoms with E-state index in [1.54, 1.807) is 4.31 Å². The minimum absolute atomic E-state index is 0. The summed E-state index contributed by atoms with van der Waals surface area (Å²) in [4.78, 5) is 0. The van der Waals surface area contributed by atoms with Crippen LogP contribution in [0.1, 0.15) is 26.7 Å². The van der Waals surface area contributed by atoms with Crippen molar-refractivity contribution in [2.75, 3.05) is 31.9 Å². The van der Waals surface area contributed by atoms with Crippen molar-refractivity contribution in [1.29, 1.82) is 0 Å². The summed E-state index contributed by atoms with van der Waals surface area (Å²) in [6.45, 7) is 7.59. The molecule has 2 aliphatic heterocycles. The van der Waals surface area contributed by atoms with Crippen molar-refractivity contribution >= 4 is 22.4 Å². The maximum atomic E-state index is 12.3. The molecule has 18 heavy (non-hydrogen) atoms. The topological polar surface area (TPSA) is 49.4 Å². The highest BCUT2D eigenvalue weighted by Gasteiger charge is 2.40. The van der Waals surface area contributed by atoms with Gasteiger partial charge in [-0.1, -0.05) is 20.3 Å². The zero-order valence-electron chi connectivity index (χ0n) is 11.3. The molecule has 2 heterocycles. The van der Waals surface area contributed by atoms with Crippen LogP contribution in [-0.2, 0) is 10.0 Å². The van der Waals surface area contributed by atoms with E-state index < -0.39 is 10.0 Å². The molecule has 0 amide bonds. The zero-order chi connectivity index (χ0) is 12.5. The molecule has 2 fully saturated rings. The van der Waals surface area contributed by atoms with Crippen molar-refractivity contribution in [1.82, 2.24) is 9.62 Å². The summed E-state index contributed by atoms with van der Waals surface area (Å²) in [7, 11) is -3.02. The second-order valence-electron chi connectivity index (χ2n) is 5.67. The molecule has 3 atom stereocenters. The second kappa shape index (κ2) is 6.55. The Kier molecular flexibility index (Phi) is 5.90. The molecule has 1 unspecified atom stereocenters. The molecule has 2 saturated heterocycles. The average Bonchev–Trinajstić information content (AvgIpc) is 2.75. The van der Waals surface area contributed by atoms with Gasteiger partial charge in [0.15, 0.2) is 0 Å². The summed E-state index contributed by atoms with van der Waals surface area (Å²) in [5.74, 6) is 1.70. The van der Waals surface area contributed by atoms with Crippen molar-refractivity contribution in [3.63, 3.8) is 0 Å². The number of hydrogen-bond donors (Lipinski definition) is 1. The van der Waals surface area contributed by atoms with Crippen LogP contribution in [0.15, 0.2) is 0 Å². The Bertz CT molecular complexity index is 349. The quantitative estimate of drug-likeness (QED) is 0.832. The SMILES string of the molecule is CCCC(C)CS(=O)(=O)N1C[C@H]2CNC[C@H]2C1.Cl. The van der Waals surface area contributed by atoms with Crippen LogP contribution in [0.25, 0.3) is 0 Å². The molecule has 1 N–H and O–H groups in total. The van der Waals surface area contributed by atoms with Gasteiger partial charge >= 0.3 is 0 Å². The molecule has 0 aliphatic carbocycles. The number of halogens is 1. The minimum atomic E-state index is -3.02. The molecule has 2 aliphatic rings. The summed E-state index contributed by atoms with van der Waals surface area (Å²) in [5.41, 5.74) is 0. The predicted octanol–water partition coefficient (Wildman–Crippen LogP) is 1.33. The van der Waals surface area contributed by atoms with E-state index in [0.29, 0.717) is 17.6 Å². The third kappa shape index (κ3) is 3.59. The molecule has 0 bridgehead atoms. The molecule has 0 spiro atoms. The van der Waals surface area contributed by atoms with E-state index >= 15 is 0 Å². The van der Waals surface area contributed by atoms with Gasteiger partial charge in [-0.15, -0.1) is 12.4 Å². The monoisotopic (exact) mass is 296 g/mol. The third-order valence-electron chi connectivity index (χ3n) is 4.03. The van der Waals surface area contributed by atoms with E-state index in [-0.39, 0.29) is 18.3 Å². The van der Waals surface area contributed by atoms with Crippen LogP contribution < -0.4 is 5.32 Å². The highest BCUT2D eigenvalue weighted by Crippen LogP contribution is 2.29. The Labute approximate surface area is 117 Å². The smallest absolute Gasteiger partial charge is 0.214 e. The molecule has 0 aromatic rings. The molecule has 0 saturated carbocycles. The fourth-order valence-corrected chi connectivity index (χ4v) is 5.01. The molecule has 6 heteroatoms. The maximum absolute atomic E-state index is 12.3. The van der Waals surface area contributed by atoms with Crippen molar-refractivity contribution in [3.8, 4) is 0 Å². The van der Waals surface area contributed by atoms with Crippen LogP contribution in [0.2, 0.25) is 0 Å². The van der Waals surface area contributed by atoms with E-state index in [1.807, 2.05) is 6.92 Å². The first-order valence-electron chi connectivity index (χ1n) is 6.71. The van der Waals surface area contributed by atoms with Crippen molar-refractivity contribution < 1.29 is 8.42 Å². The number of sulfonamides is 1. The molecule has 108 valence electrons. The zero-order valence-corrected chi connectivity index (χ0v) is 12.9. The number of rotatable bonds is 5. The van der Waals surface area contributed by atoms with Crippen LogP contribution in [0.5, 0.6) is 0 Å². The lowest BCUT2D eigenvalue weighted by molar-refractivity contribution is 0.437. The summed E-state index contributed by atoms with van der Waals surface area (Å²) in [6, 6.07) is 0. The van der Waals surface area contributed by atoms with Gasteiger partial charge in [0, 0.05) is 13.1 Å². The Morgan fingerprint density at radius 2 is 1.83 bits per heavy atom. The van der Waals surface area contributed by atoms with Crippen LogP contribution in [0.4, 0.5) is 0 Å². The van der Waals surface area contributed by atoms with Gasteiger partial charge in [0.05, 0.1) is 5.75 Å². The van der Waals surface area contributed by atoms with Crippen LogP contribution in [0.3, 0.4) is 0 Å². The molecule has 0 aromatic heterocycles. The van der Waals surface area contributed by atoms with Gasteiger partial charge in [-0.3, -0.25) is 0 Å². The Balaban J connectivity index is 0.00000162. The maximum Gasteiger partial charge on any atom is 0.214 e. The molecule has 0 radical (unpaired) electrons. The van der Waals surface area contributed by atoms with E-state index in [4.69, 9.17) is 0 Å². The normalized spacial score (nSPS) is 29.9. The average molecular weight is 297 g/mol. The molecule has 0 aromatic carbocycles. The highest BCUT2D eigenvalue weighted by atomic mass is 35.5. The highest BCUT2D eigenvalue weighted by molar-refractivity contribution is 7.89. The first-order valence-corrected chi connectivity index (χ1v) is 8.32. The van der Waals surface area contributed by atoms with Crippen LogP contribution in [-0.4, -0.2) is 44.7 Å². The number of hydrogen-bond acceptors (Lipinski definition) is 3. The van der Waals surface area contributed by atoms with Gasteiger partial charge in [-0.25, -0.2) is 12.7 Å². The standard InChI is InChI=1S/C12H24N2O2S.ClH/c1-3-4-10(2)9-17(15,16)14-7-11-5-13-6-12(11)8-14;/h10-13H,3-9H2,1-2H3;1H/t10?,11-,12+;. The van der Waals surface area contributed by atoms with E-state index in [2.05, 4.69) is 12.2 Å². The molecular formula is C12H25ClN2O2S. The minimum Gasteiger partial charge on any atom is -0.316 e. The Morgan fingerprint density at radius 3 is 2.33 bits per heavy atom.